The van der Waals surface area contributed by atoms with Crippen LogP contribution < -0.4 is 10.6 Å². The molecule has 0 aliphatic rings. The maximum atomic E-state index is 11.0. The number of rotatable bonds is 4. The summed E-state index contributed by atoms with van der Waals surface area (Å²) < 4.78 is 0. The van der Waals surface area contributed by atoms with Crippen molar-refractivity contribution in [3.63, 3.8) is 0 Å². The Hall–Kier alpha value is -1.81. The number of carbonyl (C=O) groups is 1. The summed E-state index contributed by atoms with van der Waals surface area (Å²) in [6.07, 6.45) is 0. The molecule has 4 heteroatoms. The minimum absolute atomic E-state index is 0.0531. The maximum Gasteiger partial charge on any atom is 0.221 e. The van der Waals surface area contributed by atoms with E-state index >= 15 is 0 Å². The number of amides is 1. The molecule has 94 valence electrons. The van der Waals surface area contributed by atoms with Crippen LogP contribution in [-0.4, -0.2) is 5.91 Å². The van der Waals surface area contributed by atoms with E-state index in [1.165, 1.54) is 18.1 Å². The van der Waals surface area contributed by atoms with Gasteiger partial charge in [-0.3, -0.25) is 4.79 Å². The van der Waals surface area contributed by atoms with Gasteiger partial charge in [-0.2, -0.15) is 11.3 Å². The molecule has 1 aromatic carbocycles. The second-order valence-corrected chi connectivity index (χ2v) is 4.98. The zero-order chi connectivity index (χ0) is 13.0. The minimum Gasteiger partial charge on any atom is -0.381 e. The molecule has 18 heavy (non-hydrogen) atoms. The quantitative estimate of drug-likeness (QED) is 0.881. The van der Waals surface area contributed by atoms with Crippen molar-refractivity contribution in [2.75, 3.05) is 10.6 Å². The van der Waals surface area contributed by atoms with E-state index in [0.717, 1.165) is 17.9 Å². The Morgan fingerprint density at radius 3 is 2.83 bits per heavy atom. The van der Waals surface area contributed by atoms with Crippen molar-refractivity contribution in [2.45, 2.75) is 20.4 Å². The van der Waals surface area contributed by atoms with Crippen LogP contribution in [0.15, 0.2) is 35.0 Å². The highest BCUT2D eigenvalue weighted by atomic mass is 32.1. The third-order valence-electron chi connectivity index (χ3n) is 2.62. The lowest BCUT2D eigenvalue weighted by Crippen LogP contribution is -2.07. The lowest BCUT2D eigenvalue weighted by Gasteiger charge is -2.11. The summed E-state index contributed by atoms with van der Waals surface area (Å²) in [5.41, 5.74) is 4.30. The monoisotopic (exact) mass is 260 g/mol. The van der Waals surface area contributed by atoms with Gasteiger partial charge in [-0.1, -0.05) is 6.07 Å². The van der Waals surface area contributed by atoms with Crippen LogP contribution in [0.5, 0.6) is 0 Å². The molecular formula is C14H16N2OS. The Balaban J connectivity index is 2.08. The highest BCUT2D eigenvalue weighted by molar-refractivity contribution is 7.07. The highest BCUT2D eigenvalue weighted by Gasteiger charge is 2.02. The van der Waals surface area contributed by atoms with Crippen LogP contribution in [0.25, 0.3) is 0 Å². The number of hydrogen-bond donors (Lipinski definition) is 2. The van der Waals surface area contributed by atoms with E-state index in [9.17, 15) is 4.79 Å². The Bertz CT molecular complexity index is 535. The first-order chi connectivity index (χ1) is 8.65. The number of hydrogen-bond acceptors (Lipinski definition) is 3. The molecule has 0 fully saturated rings. The van der Waals surface area contributed by atoms with Crippen molar-refractivity contribution < 1.29 is 4.79 Å². The zero-order valence-electron chi connectivity index (χ0n) is 10.5. The second-order valence-electron chi connectivity index (χ2n) is 4.20. The summed E-state index contributed by atoms with van der Waals surface area (Å²) in [7, 11) is 0. The maximum absolute atomic E-state index is 11.0. The summed E-state index contributed by atoms with van der Waals surface area (Å²) in [5.74, 6) is -0.0531. The molecule has 1 aromatic heterocycles. The molecule has 2 rings (SSSR count). The molecule has 0 aliphatic carbocycles. The van der Waals surface area contributed by atoms with Gasteiger partial charge in [-0.15, -0.1) is 0 Å². The van der Waals surface area contributed by atoms with Crippen molar-refractivity contribution in [3.05, 3.63) is 46.2 Å². The van der Waals surface area contributed by atoms with E-state index in [2.05, 4.69) is 27.5 Å². The molecule has 2 N–H and O–H groups in total. The largest absolute Gasteiger partial charge is 0.381 e. The fraction of sp³-hybridized carbons (Fsp3) is 0.214. The molecular weight excluding hydrogens is 244 g/mol. The van der Waals surface area contributed by atoms with Gasteiger partial charge in [-0.05, 0) is 47.0 Å². The molecule has 0 aliphatic heterocycles. The molecule has 1 amide bonds. The van der Waals surface area contributed by atoms with E-state index in [1.54, 1.807) is 11.3 Å². The van der Waals surface area contributed by atoms with Crippen LogP contribution >= 0.6 is 11.3 Å². The standard InChI is InChI=1S/C14H16N2OS/c1-10-3-4-13(16-11(2)17)7-14(10)15-8-12-5-6-18-9-12/h3-7,9,15H,8H2,1-2H3,(H,16,17). The first kappa shape index (κ1) is 12.6. The van der Waals surface area contributed by atoms with Gasteiger partial charge in [0.05, 0.1) is 0 Å². The van der Waals surface area contributed by atoms with Crippen molar-refractivity contribution in [1.82, 2.24) is 0 Å². The number of anilines is 2. The average molecular weight is 260 g/mol. The van der Waals surface area contributed by atoms with Crippen LogP contribution in [-0.2, 0) is 11.3 Å². The molecule has 0 saturated heterocycles. The fourth-order valence-corrected chi connectivity index (χ4v) is 2.35. The van der Waals surface area contributed by atoms with Crippen LogP contribution in [0.2, 0.25) is 0 Å². The minimum atomic E-state index is -0.0531. The topological polar surface area (TPSA) is 41.1 Å². The summed E-state index contributed by atoms with van der Waals surface area (Å²) in [6, 6.07) is 7.97. The normalized spacial score (nSPS) is 10.1. The van der Waals surface area contributed by atoms with Gasteiger partial charge >= 0.3 is 0 Å². The lowest BCUT2D eigenvalue weighted by atomic mass is 10.1. The van der Waals surface area contributed by atoms with Crippen molar-refractivity contribution in [2.24, 2.45) is 0 Å². The number of nitrogens with one attached hydrogen (secondary N) is 2. The Kier molecular flexibility index (Phi) is 3.99. The van der Waals surface area contributed by atoms with E-state index in [1.807, 2.05) is 25.1 Å². The molecule has 0 unspecified atom stereocenters. The van der Waals surface area contributed by atoms with E-state index in [0.29, 0.717) is 0 Å². The van der Waals surface area contributed by atoms with Crippen LogP contribution in [0.3, 0.4) is 0 Å². The molecule has 3 nitrogen and oxygen atoms in total. The Labute approximate surface area is 111 Å². The Morgan fingerprint density at radius 2 is 2.17 bits per heavy atom. The Morgan fingerprint density at radius 1 is 1.33 bits per heavy atom. The summed E-state index contributed by atoms with van der Waals surface area (Å²) in [6.45, 7) is 4.36. The lowest BCUT2D eigenvalue weighted by molar-refractivity contribution is -0.114. The predicted octanol–water partition coefficient (Wildman–Crippen LogP) is 3.63. The van der Waals surface area contributed by atoms with Crippen molar-refractivity contribution in [3.8, 4) is 0 Å². The number of aryl methyl sites for hydroxylation is 1. The predicted molar refractivity (Wildman–Crippen MR) is 77.1 cm³/mol. The van der Waals surface area contributed by atoms with Gasteiger partial charge < -0.3 is 10.6 Å². The van der Waals surface area contributed by atoms with Crippen molar-refractivity contribution in [1.29, 1.82) is 0 Å². The number of carbonyl (C=O) groups excluding carboxylic acids is 1. The first-order valence-corrected chi connectivity index (χ1v) is 6.72. The summed E-state index contributed by atoms with van der Waals surface area (Å²) >= 11 is 1.69. The molecule has 0 atom stereocenters. The van der Waals surface area contributed by atoms with Crippen LogP contribution in [0.4, 0.5) is 11.4 Å². The van der Waals surface area contributed by atoms with Gasteiger partial charge in [0.1, 0.15) is 0 Å². The molecule has 1 heterocycles. The van der Waals surface area contributed by atoms with Crippen LogP contribution in [0.1, 0.15) is 18.1 Å². The third kappa shape index (κ3) is 3.34. The van der Waals surface area contributed by atoms with Gasteiger partial charge in [0.15, 0.2) is 0 Å². The number of benzene rings is 1. The number of thiophene rings is 1. The summed E-state index contributed by atoms with van der Waals surface area (Å²) in [4.78, 5) is 11.0. The second kappa shape index (κ2) is 5.69. The van der Waals surface area contributed by atoms with Gasteiger partial charge in [-0.25, -0.2) is 0 Å². The van der Waals surface area contributed by atoms with Crippen molar-refractivity contribution >= 4 is 28.6 Å². The average Bonchev–Trinajstić information content (AvgIpc) is 2.82. The first-order valence-electron chi connectivity index (χ1n) is 5.78. The molecule has 0 radical (unpaired) electrons. The molecule has 2 aromatic rings. The van der Waals surface area contributed by atoms with E-state index in [4.69, 9.17) is 0 Å². The molecule has 0 spiro atoms. The SMILES string of the molecule is CC(=O)Nc1ccc(C)c(NCc2ccsc2)c1. The van der Waals surface area contributed by atoms with Gasteiger partial charge in [0.2, 0.25) is 5.91 Å². The van der Waals surface area contributed by atoms with Gasteiger partial charge in [0.25, 0.3) is 0 Å². The zero-order valence-corrected chi connectivity index (χ0v) is 11.3. The van der Waals surface area contributed by atoms with Crippen LogP contribution in [0, 0.1) is 6.92 Å². The molecule has 0 saturated carbocycles. The van der Waals surface area contributed by atoms with E-state index < -0.39 is 0 Å². The fourth-order valence-electron chi connectivity index (χ4n) is 1.68. The smallest absolute Gasteiger partial charge is 0.221 e. The summed E-state index contributed by atoms with van der Waals surface area (Å²) in [5, 5.41) is 10.4. The molecule has 0 bridgehead atoms. The van der Waals surface area contributed by atoms with Gasteiger partial charge in [0, 0.05) is 24.8 Å². The van der Waals surface area contributed by atoms with E-state index in [-0.39, 0.29) is 5.91 Å². The highest BCUT2D eigenvalue weighted by Crippen LogP contribution is 2.21. The third-order valence-corrected chi connectivity index (χ3v) is 3.35.